The molecule has 2 heterocycles. The summed E-state index contributed by atoms with van der Waals surface area (Å²) in [4.78, 5) is 32.4. The van der Waals surface area contributed by atoms with Crippen LogP contribution in [0.5, 0.6) is 0 Å². The molecular weight excluding hydrogens is 546 g/mol. The van der Waals surface area contributed by atoms with Gasteiger partial charge < -0.3 is 10.1 Å². The number of thiophene rings is 1. The molecule has 1 aliphatic rings. The molecule has 8 nitrogen and oxygen atoms in total. The molecule has 0 radical (unpaired) electrons. The fourth-order valence-electron chi connectivity index (χ4n) is 4.75. The number of sulfonamides is 1. The monoisotopic (exact) mass is 575 g/mol. The van der Waals surface area contributed by atoms with Gasteiger partial charge in [0.15, 0.2) is 6.61 Å². The number of carbonyl (C=O) groups excluding carboxylic acids is 2. The van der Waals surface area contributed by atoms with Crippen molar-refractivity contribution in [3.63, 3.8) is 0 Å². The van der Waals surface area contributed by atoms with E-state index < -0.39 is 28.5 Å². The maximum Gasteiger partial charge on any atom is 0.339 e. The third-order valence-electron chi connectivity index (χ3n) is 6.83. The van der Waals surface area contributed by atoms with Crippen LogP contribution in [0.25, 0.3) is 22.6 Å². The number of nitrogens with zero attached hydrogens (tertiary/aromatic N) is 2. The van der Waals surface area contributed by atoms with Crippen LogP contribution in [0.4, 0.5) is 5.69 Å². The standard InChI is InChI=1S/C30H29N3O5S2/c1-19-13-14-22(40(36,37)33(2)3)17-26(19)31-27(34)18-38-30(35)28-23-10-4-5-12-25(23)32-29-20(8-6-11-24(28)29)16-21-9-7-15-39-21/h4-5,7,9-10,12-17H,6,8,11,18H2,1-3H3,(H,31,34). The van der Waals surface area contributed by atoms with Crippen molar-refractivity contribution in [3.8, 4) is 0 Å². The lowest BCUT2D eigenvalue weighted by molar-refractivity contribution is -0.119. The molecular formula is C30H29N3O5S2. The molecule has 2 aromatic heterocycles. The Morgan fingerprint density at radius 3 is 2.65 bits per heavy atom. The van der Waals surface area contributed by atoms with Crippen LogP contribution in [0.1, 0.15) is 44.9 Å². The number of hydrogen-bond donors (Lipinski definition) is 1. The van der Waals surface area contributed by atoms with Crippen molar-refractivity contribution in [2.45, 2.75) is 31.1 Å². The van der Waals surface area contributed by atoms with Crippen molar-refractivity contribution in [1.82, 2.24) is 9.29 Å². The van der Waals surface area contributed by atoms with Gasteiger partial charge >= 0.3 is 5.97 Å². The Kier molecular flexibility index (Phi) is 7.84. The van der Waals surface area contributed by atoms with Crippen LogP contribution < -0.4 is 5.32 Å². The molecule has 0 aliphatic heterocycles. The Morgan fingerprint density at radius 1 is 1.10 bits per heavy atom. The van der Waals surface area contributed by atoms with Gasteiger partial charge in [0.2, 0.25) is 10.0 Å². The van der Waals surface area contributed by atoms with E-state index in [2.05, 4.69) is 11.4 Å². The lowest BCUT2D eigenvalue weighted by atomic mass is 9.86. The quantitative estimate of drug-likeness (QED) is 0.291. The third kappa shape index (κ3) is 5.56. The Hall–Kier alpha value is -3.86. The molecule has 0 fully saturated rings. The number of allylic oxidation sites excluding steroid dienone is 1. The minimum atomic E-state index is -3.68. The highest BCUT2D eigenvalue weighted by molar-refractivity contribution is 7.89. The summed E-state index contributed by atoms with van der Waals surface area (Å²) in [6.07, 6.45) is 4.53. The van der Waals surface area contributed by atoms with Crippen molar-refractivity contribution >= 4 is 61.5 Å². The van der Waals surface area contributed by atoms with E-state index >= 15 is 0 Å². The van der Waals surface area contributed by atoms with Crippen LogP contribution >= 0.6 is 11.3 Å². The topological polar surface area (TPSA) is 106 Å². The normalized spacial score (nSPS) is 14.3. The van der Waals surface area contributed by atoms with Gasteiger partial charge in [0.25, 0.3) is 5.91 Å². The Morgan fingerprint density at radius 2 is 1.90 bits per heavy atom. The first-order chi connectivity index (χ1) is 19.1. The molecule has 1 N–H and O–H groups in total. The molecule has 0 saturated carbocycles. The van der Waals surface area contributed by atoms with Crippen molar-refractivity contribution in [3.05, 3.63) is 87.2 Å². The van der Waals surface area contributed by atoms with Gasteiger partial charge in [0.1, 0.15) is 0 Å². The molecule has 0 atom stereocenters. The summed E-state index contributed by atoms with van der Waals surface area (Å²) < 4.78 is 31.7. The van der Waals surface area contributed by atoms with E-state index in [0.717, 1.165) is 38.9 Å². The lowest BCUT2D eigenvalue weighted by Gasteiger charge is -2.22. The summed E-state index contributed by atoms with van der Waals surface area (Å²) in [5.41, 5.74) is 4.83. The van der Waals surface area contributed by atoms with E-state index in [0.29, 0.717) is 34.1 Å². The molecule has 0 bridgehead atoms. The maximum atomic E-state index is 13.5. The van der Waals surface area contributed by atoms with Gasteiger partial charge in [-0.25, -0.2) is 22.5 Å². The number of benzene rings is 2. The minimum Gasteiger partial charge on any atom is -0.452 e. The van der Waals surface area contributed by atoms with Crippen molar-refractivity contribution in [2.75, 3.05) is 26.0 Å². The summed E-state index contributed by atoms with van der Waals surface area (Å²) in [7, 11) is -0.798. The Balaban J connectivity index is 1.41. The van der Waals surface area contributed by atoms with Gasteiger partial charge in [-0.05, 0) is 78.6 Å². The molecule has 0 spiro atoms. The van der Waals surface area contributed by atoms with Crippen LogP contribution in [0, 0.1) is 6.92 Å². The van der Waals surface area contributed by atoms with E-state index in [1.807, 2.05) is 41.8 Å². The van der Waals surface area contributed by atoms with Crippen LogP contribution in [0.3, 0.4) is 0 Å². The lowest BCUT2D eigenvalue weighted by Crippen LogP contribution is -2.24. The largest absolute Gasteiger partial charge is 0.452 e. The van der Waals surface area contributed by atoms with Crippen molar-refractivity contribution in [1.29, 1.82) is 0 Å². The average molecular weight is 576 g/mol. The molecule has 0 unspecified atom stereocenters. The Labute approximate surface area is 237 Å². The number of anilines is 1. The summed E-state index contributed by atoms with van der Waals surface area (Å²) in [6, 6.07) is 16.0. The number of nitrogens with one attached hydrogen (secondary N) is 1. The van der Waals surface area contributed by atoms with Gasteiger partial charge in [-0.3, -0.25) is 4.79 Å². The smallest absolute Gasteiger partial charge is 0.339 e. The predicted octanol–water partition coefficient (Wildman–Crippen LogP) is 5.53. The van der Waals surface area contributed by atoms with Crippen molar-refractivity contribution in [2.24, 2.45) is 0 Å². The molecule has 2 aromatic carbocycles. The number of aryl methyl sites for hydroxylation is 1. The predicted molar refractivity (Wildman–Crippen MR) is 158 cm³/mol. The van der Waals surface area contributed by atoms with Crippen LogP contribution in [-0.4, -0.2) is 50.3 Å². The fourth-order valence-corrected chi connectivity index (χ4v) is 6.36. The van der Waals surface area contributed by atoms with Gasteiger partial charge in [0, 0.05) is 30.0 Å². The Bertz CT molecular complexity index is 1740. The fraction of sp³-hybridized carbons (Fsp3) is 0.233. The molecule has 1 amide bonds. The zero-order valence-electron chi connectivity index (χ0n) is 22.4. The third-order valence-corrected chi connectivity index (χ3v) is 9.46. The number of rotatable bonds is 7. The van der Waals surface area contributed by atoms with Crippen molar-refractivity contribution < 1.29 is 22.7 Å². The number of hydrogen-bond acceptors (Lipinski definition) is 7. The molecule has 1 aliphatic carbocycles. The summed E-state index contributed by atoms with van der Waals surface area (Å²) in [5.74, 6) is -1.16. The highest BCUT2D eigenvalue weighted by atomic mass is 32.2. The van der Waals surface area contributed by atoms with E-state index in [4.69, 9.17) is 9.72 Å². The summed E-state index contributed by atoms with van der Waals surface area (Å²) >= 11 is 1.65. The minimum absolute atomic E-state index is 0.0525. The van der Waals surface area contributed by atoms with E-state index in [-0.39, 0.29) is 4.90 Å². The van der Waals surface area contributed by atoms with Gasteiger partial charge in [-0.15, -0.1) is 11.3 Å². The molecule has 5 rings (SSSR count). The zero-order chi connectivity index (χ0) is 28.4. The molecule has 206 valence electrons. The number of para-hydroxylation sites is 1. The first-order valence-electron chi connectivity index (χ1n) is 12.8. The molecule has 0 saturated heterocycles. The van der Waals surface area contributed by atoms with Gasteiger partial charge in [-0.2, -0.15) is 0 Å². The zero-order valence-corrected chi connectivity index (χ0v) is 24.1. The first kappa shape index (κ1) is 27.7. The van der Waals surface area contributed by atoms with Crippen LogP contribution in [0.15, 0.2) is 64.9 Å². The first-order valence-corrected chi connectivity index (χ1v) is 15.1. The van der Waals surface area contributed by atoms with Crippen LogP contribution in [-0.2, 0) is 26.0 Å². The molecule has 40 heavy (non-hydrogen) atoms. The second kappa shape index (κ2) is 11.3. The second-order valence-corrected chi connectivity index (χ2v) is 12.9. The number of amides is 1. The number of carbonyl (C=O) groups is 2. The number of esters is 1. The van der Waals surface area contributed by atoms with Gasteiger partial charge in [-0.1, -0.05) is 30.3 Å². The van der Waals surface area contributed by atoms with E-state index in [1.165, 1.54) is 26.2 Å². The molecule has 4 aromatic rings. The summed E-state index contributed by atoms with van der Waals surface area (Å²) in [6.45, 7) is 1.23. The SMILES string of the molecule is Cc1ccc(S(=O)(=O)N(C)C)cc1NC(=O)COC(=O)c1c2c(nc3ccccc13)C(=Cc1cccs1)CCC2. The van der Waals surface area contributed by atoms with Crippen LogP contribution in [0.2, 0.25) is 0 Å². The number of aromatic nitrogens is 1. The van der Waals surface area contributed by atoms with Gasteiger partial charge in [0.05, 0.1) is 21.7 Å². The average Bonchev–Trinajstić information content (AvgIpc) is 3.45. The number of pyridine rings is 1. The summed E-state index contributed by atoms with van der Waals surface area (Å²) in [5, 5.41) is 5.39. The number of ether oxygens (including phenoxy) is 1. The van der Waals surface area contributed by atoms with E-state index in [1.54, 1.807) is 24.3 Å². The highest BCUT2D eigenvalue weighted by Gasteiger charge is 2.27. The number of fused-ring (bicyclic) bond motifs is 2. The molecule has 10 heteroatoms. The second-order valence-electron chi connectivity index (χ2n) is 9.76. The maximum absolute atomic E-state index is 13.5. The highest BCUT2D eigenvalue weighted by Crippen LogP contribution is 2.37. The van der Waals surface area contributed by atoms with E-state index in [9.17, 15) is 18.0 Å².